The van der Waals surface area contributed by atoms with E-state index in [1.807, 2.05) is 18.2 Å². The summed E-state index contributed by atoms with van der Waals surface area (Å²) in [5, 5.41) is 0. The Kier molecular flexibility index (Phi) is 6.62. The summed E-state index contributed by atoms with van der Waals surface area (Å²) in [4.78, 5) is 0. The van der Waals surface area contributed by atoms with Gasteiger partial charge in [-0.15, -0.1) is 0 Å². The van der Waals surface area contributed by atoms with Crippen LogP contribution < -0.4 is 20.7 Å². The highest BCUT2D eigenvalue weighted by Gasteiger charge is 2.22. The zero-order valence-corrected chi connectivity index (χ0v) is 12.1. The van der Waals surface area contributed by atoms with Crippen LogP contribution in [0.3, 0.4) is 0 Å². The Labute approximate surface area is 115 Å². The summed E-state index contributed by atoms with van der Waals surface area (Å²) < 4.78 is 16.1. The van der Waals surface area contributed by atoms with Crippen LogP contribution >= 0.6 is 0 Å². The monoisotopic (exact) mass is 268 g/mol. The van der Waals surface area contributed by atoms with Crippen molar-refractivity contribution in [2.75, 3.05) is 21.3 Å². The summed E-state index contributed by atoms with van der Waals surface area (Å²) in [6, 6.07) is 5.61. The Morgan fingerprint density at radius 3 is 2.05 bits per heavy atom. The fourth-order valence-corrected chi connectivity index (χ4v) is 2.13. The van der Waals surface area contributed by atoms with Crippen molar-refractivity contribution in [3.63, 3.8) is 0 Å². The molecule has 1 rings (SSSR count). The fraction of sp³-hybridized carbons (Fsp3) is 0.571. The molecule has 0 aliphatic carbocycles. The van der Waals surface area contributed by atoms with Crippen LogP contribution in [0.15, 0.2) is 18.2 Å². The molecular weight excluding hydrogens is 244 g/mol. The second kappa shape index (κ2) is 7.99. The van der Waals surface area contributed by atoms with Gasteiger partial charge in [0, 0.05) is 13.2 Å². The minimum Gasteiger partial charge on any atom is -0.497 e. The average Bonchev–Trinajstić information content (AvgIpc) is 2.46. The molecule has 3 N–H and O–H groups in total. The molecule has 0 aliphatic rings. The van der Waals surface area contributed by atoms with E-state index in [4.69, 9.17) is 20.1 Å². The number of hydrazine groups is 1. The van der Waals surface area contributed by atoms with Gasteiger partial charge >= 0.3 is 0 Å². The molecule has 0 fully saturated rings. The van der Waals surface area contributed by atoms with Crippen LogP contribution in [0.5, 0.6) is 11.5 Å². The predicted molar refractivity (Wildman–Crippen MR) is 75.3 cm³/mol. The topological polar surface area (TPSA) is 65.7 Å². The largest absolute Gasteiger partial charge is 0.497 e. The third-order valence-electron chi connectivity index (χ3n) is 3.16. The lowest BCUT2D eigenvalue weighted by molar-refractivity contribution is 0.0605. The van der Waals surface area contributed by atoms with E-state index in [2.05, 4.69) is 12.3 Å². The van der Waals surface area contributed by atoms with Gasteiger partial charge in [0.25, 0.3) is 0 Å². The Morgan fingerprint density at radius 2 is 1.68 bits per heavy atom. The van der Waals surface area contributed by atoms with E-state index in [1.54, 1.807) is 21.3 Å². The first-order valence-corrected chi connectivity index (χ1v) is 6.42. The molecule has 0 spiro atoms. The van der Waals surface area contributed by atoms with E-state index in [9.17, 15) is 0 Å². The van der Waals surface area contributed by atoms with Gasteiger partial charge in [0.15, 0.2) is 0 Å². The van der Waals surface area contributed by atoms with Gasteiger partial charge in [-0.1, -0.05) is 13.3 Å². The van der Waals surface area contributed by atoms with Gasteiger partial charge in [-0.3, -0.25) is 11.3 Å². The predicted octanol–water partition coefficient (Wildman–Crippen LogP) is 2.02. The summed E-state index contributed by atoms with van der Waals surface area (Å²) in [6.45, 7) is 2.12. The highest BCUT2D eigenvalue weighted by Crippen LogP contribution is 2.29. The minimum atomic E-state index is -0.103. The van der Waals surface area contributed by atoms with E-state index in [-0.39, 0.29) is 12.1 Å². The first-order chi connectivity index (χ1) is 9.19. The van der Waals surface area contributed by atoms with Crippen LogP contribution in [0, 0.1) is 0 Å². The molecule has 0 aromatic heterocycles. The Bertz CT molecular complexity index is 363. The van der Waals surface area contributed by atoms with Gasteiger partial charge in [0.1, 0.15) is 11.5 Å². The number of benzene rings is 1. The number of nitrogens with one attached hydrogen (secondary N) is 1. The summed E-state index contributed by atoms with van der Waals surface area (Å²) >= 11 is 0. The van der Waals surface area contributed by atoms with Crippen LogP contribution in [0.1, 0.15) is 31.4 Å². The summed E-state index contributed by atoms with van der Waals surface area (Å²) in [7, 11) is 4.95. The Hall–Kier alpha value is -1.30. The standard InChI is InChI=1S/C14H24N2O3/c1-5-6-13(19-4)14(16-15)10-7-11(17-2)9-12(8-10)18-3/h7-9,13-14,16H,5-6,15H2,1-4H3. The lowest BCUT2D eigenvalue weighted by Crippen LogP contribution is -2.37. The highest BCUT2D eigenvalue weighted by molar-refractivity contribution is 5.40. The van der Waals surface area contributed by atoms with Crippen LogP contribution in [0.2, 0.25) is 0 Å². The molecule has 2 unspecified atom stereocenters. The summed E-state index contributed by atoms with van der Waals surface area (Å²) in [6.07, 6.45) is 1.95. The van der Waals surface area contributed by atoms with Crippen molar-refractivity contribution < 1.29 is 14.2 Å². The lowest BCUT2D eigenvalue weighted by atomic mass is 9.98. The smallest absolute Gasteiger partial charge is 0.122 e. The molecule has 0 heterocycles. The van der Waals surface area contributed by atoms with Gasteiger partial charge in [0.2, 0.25) is 0 Å². The Morgan fingerprint density at radius 1 is 1.11 bits per heavy atom. The molecule has 0 saturated heterocycles. The first kappa shape index (κ1) is 15.8. The number of rotatable bonds is 8. The molecule has 108 valence electrons. The van der Waals surface area contributed by atoms with Gasteiger partial charge in [0.05, 0.1) is 26.4 Å². The van der Waals surface area contributed by atoms with Crippen molar-refractivity contribution in [3.05, 3.63) is 23.8 Å². The molecular formula is C14H24N2O3. The number of hydrogen-bond donors (Lipinski definition) is 2. The summed E-state index contributed by atoms with van der Waals surface area (Å²) in [5.41, 5.74) is 3.81. The zero-order chi connectivity index (χ0) is 14.3. The number of ether oxygens (including phenoxy) is 3. The van der Waals surface area contributed by atoms with E-state index in [1.165, 1.54) is 0 Å². The normalized spacial score (nSPS) is 13.9. The van der Waals surface area contributed by atoms with Gasteiger partial charge in [-0.2, -0.15) is 0 Å². The fourth-order valence-electron chi connectivity index (χ4n) is 2.13. The number of methoxy groups -OCH3 is 3. The maximum atomic E-state index is 5.68. The molecule has 19 heavy (non-hydrogen) atoms. The van der Waals surface area contributed by atoms with Crippen molar-refractivity contribution in [2.45, 2.75) is 31.9 Å². The van der Waals surface area contributed by atoms with E-state index >= 15 is 0 Å². The molecule has 1 aromatic carbocycles. The molecule has 0 saturated carbocycles. The van der Waals surface area contributed by atoms with E-state index < -0.39 is 0 Å². The second-order valence-corrected chi connectivity index (χ2v) is 4.35. The average molecular weight is 268 g/mol. The molecule has 0 aliphatic heterocycles. The molecule has 2 atom stereocenters. The first-order valence-electron chi connectivity index (χ1n) is 6.42. The van der Waals surface area contributed by atoms with Gasteiger partial charge in [-0.25, -0.2) is 0 Å². The minimum absolute atomic E-state index is 0.00631. The SMILES string of the molecule is CCCC(OC)C(NN)c1cc(OC)cc(OC)c1. The van der Waals surface area contributed by atoms with Crippen LogP contribution in [0.4, 0.5) is 0 Å². The van der Waals surface area contributed by atoms with Crippen molar-refractivity contribution in [3.8, 4) is 11.5 Å². The molecule has 5 heteroatoms. The maximum Gasteiger partial charge on any atom is 0.122 e. The van der Waals surface area contributed by atoms with Crippen molar-refractivity contribution in [1.29, 1.82) is 0 Å². The van der Waals surface area contributed by atoms with Crippen molar-refractivity contribution in [2.24, 2.45) is 5.84 Å². The van der Waals surface area contributed by atoms with Crippen LogP contribution in [-0.4, -0.2) is 27.4 Å². The number of nitrogens with two attached hydrogens (primary N) is 1. The third-order valence-corrected chi connectivity index (χ3v) is 3.16. The molecule has 5 nitrogen and oxygen atoms in total. The highest BCUT2D eigenvalue weighted by atomic mass is 16.5. The molecule has 0 bridgehead atoms. The van der Waals surface area contributed by atoms with Crippen molar-refractivity contribution >= 4 is 0 Å². The third kappa shape index (κ3) is 4.09. The van der Waals surface area contributed by atoms with Gasteiger partial charge in [-0.05, 0) is 24.1 Å². The molecule has 0 amide bonds. The van der Waals surface area contributed by atoms with E-state index in [0.717, 1.165) is 29.9 Å². The second-order valence-electron chi connectivity index (χ2n) is 4.35. The Balaban J connectivity index is 3.08. The molecule has 1 aromatic rings. The van der Waals surface area contributed by atoms with Crippen LogP contribution in [0.25, 0.3) is 0 Å². The number of hydrogen-bond acceptors (Lipinski definition) is 5. The maximum absolute atomic E-state index is 5.68. The quantitative estimate of drug-likeness (QED) is 0.558. The molecule has 0 radical (unpaired) electrons. The summed E-state index contributed by atoms with van der Waals surface area (Å²) in [5.74, 6) is 7.16. The van der Waals surface area contributed by atoms with Crippen LogP contribution in [-0.2, 0) is 4.74 Å². The lowest BCUT2D eigenvalue weighted by Gasteiger charge is -2.26. The zero-order valence-electron chi connectivity index (χ0n) is 12.1. The van der Waals surface area contributed by atoms with Gasteiger partial charge < -0.3 is 14.2 Å². The van der Waals surface area contributed by atoms with Crippen molar-refractivity contribution in [1.82, 2.24) is 5.43 Å². The van der Waals surface area contributed by atoms with E-state index in [0.29, 0.717) is 0 Å².